The molecule has 2 heterocycles. The van der Waals surface area contributed by atoms with Gasteiger partial charge in [0.25, 0.3) is 5.91 Å². The van der Waals surface area contributed by atoms with Gasteiger partial charge >= 0.3 is 5.92 Å². The molecule has 1 aliphatic carbocycles. The topological polar surface area (TPSA) is 136 Å². The molecular formula is C24H24F2N4O5. The molecule has 11 heteroatoms. The Morgan fingerprint density at radius 3 is 2.71 bits per heavy atom. The molecule has 1 aliphatic heterocycles. The lowest BCUT2D eigenvalue weighted by molar-refractivity contribution is -0.199. The quantitative estimate of drug-likeness (QED) is 0.546. The second-order valence-electron chi connectivity index (χ2n) is 8.58. The van der Waals surface area contributed by atoms with E-state index in [1.165, 1.54) is 18.3 Å². The Morgan fingerprint density at radius 1 is 1.29 bits per heavy atom. The van der Waals surface area contributed by atoms with E-state index in [1.54, 1.807) is 18.2 Å². The first-order valence-electron chi connectivity index (χ1n) is 11.2. The standard InChI is InChI=1S/C24H24F2N4O5/c25-24(26)7-1-9-30(22(34)18(32)13-31)23(24)35-19-5-4-15(10-17(19)12-27)16-6-8-28-20(11-16)29-21(33)14-2-3-14/h4-6,8,10-11,14,18,23,31-32H,1-3,7,9,13H2,(H,28,29,33)/t18-,23-/m0/s1. The van der Waals surface area contributed by atoms with Crippen LogP contribution < -0.4 is 10.1 Å². The molecule has 0 spiro atoms. The van der Waals surface area contributed by atoms with Gasteiger partial charge in [0, 0.05) is 25.1 Å². The molecule has 184 valence electrons. The number of anilines is 1. The predicted molar refractivity (Wildman–Crippen MR) is 119 cm³/mol. The van der Waals surface area contributed by atoms with Crippen molar-refractivity contribution in [1.29, 1.82) is 5.26 Å². The number of benzene rings is 1. The first kappa shape index (κ1) is 24.5. The number of nitrogens with one attached hydrogen (secondary N) is 1. The fourth-order valence-electron chi connectivity index (χ4n) is 3.87. The number of rotatable bonds is 7. The van der Waals surface area contributed by atoms with Gasteiger partial charge in [0.15, 0.2) is 6.10 Å². The molecule has 1 saturated carbocycles. The Morgan fingerprint density at radius 2 is 2.03 bits per heavy atom. The van der Waals surface area contributed by atoms with Gasteiger partial charge in [0.2, 0.25) is 12.1 Å². The molecule has 3 N–H and O–H groups in total. The molecule has 2 fully saturated rings. The van der Waals surface area contributed by atoms with Crippen molar-refractivity contribution in [1.82, 2.24) is 9.88 Å². The van der Waals surface area contributed by atoms with Gasteiger partial charge < -0.3 is 20.3 Å². The summed E-state index contributed by atoms with van der Waals surface area (Å²) in [4.78, 5) is 29.2. The van der Waals surface area contributed by atoms with Crippen LogP contribution in [0.25, 0.3) is 11.1 Å². The van der Waals surface area contributed by atoms with E-state index >= 15 is 0 Å². The minimum absolute atomic E-state index is 0.00457. The van der Waals surface area contributed by atoms with Crippen molar-refractivity contribution in [3.8, 4) is 22.9 Å². The minimum Gasteiger partial charge on any atom is -0.463 e. The Labute approximate surface area is 199 Å². The number of aliphatic hydroxyl groups excluding tert-OH is 2. The predicted octanol–water partition coefficient (Wildman–Crippen LogP) is 2.28. The van der Waals surface area contributed by atoms with Gasteiger partial charge in [0.05, 0.1) is 12.2 Å². The van der Waals surface area contributed by atoms with Gasteiger partial charge in [-0.1, -0.05) is 6.07 Å². The maximum Gasteiger partial charge on any atom is 0.303 e. The number of aromatic nitrogens is 1. The largest absolute Gasteiger partial charge is 0.463 e. The summed E-state index contributed by atoms with van der Waals surface area (Å²) in [5.41, 5.74) is 1.16. The summed E-state index contributed by atoms with van der Waals surface area (Å²) in [6.45, 7) is -1.01. The van der Waals surface area contributed by atoms with Crippen molar-refractivity contribution in [2.75, 3.05) is 18.5 Å². The van der Waals surface area contributed by atoms with Crippen LogP contribution in [-0.2, 0) is 9.59 Å². The van der Waals surface area contributed by atoms with Crippen molar-refractivity contribution >= 4 is 17.6 Å². The van der Waals surface area contributed by atoms with E-state index in [9.17, 15) is 28.7 Å². The van der Waals surface area contributed by atoms with Crippen LogP contribution in [0.15, 0.2) is 36.5 Å². The normalized spacial score (nSPS) is 20.0. The third kappa shape index (κ3) is 5.39. The summed E-state index contributed by atoms with van der Waals surface area (Å²) in [5.74, 6) is -4.41. The molecule has 2 aromatic rings. The Bertz CT molecular complexity index is 1160. The van der Waals surface area contributed by atoms with Crippen LogP contribution in [-0.4, -0.2) is 63.3 Å². The average molecular weight is 486 g/mol. The summed E-state index contributed by atoms with van der Waals surface area (Å²) >= 11 is 0. The first-order valence-corrected chi connectivity index (χ1v) is 11.2. The highest BCUT2D eigenvalue weighted by atomic mass is 19.3. The smallest absolute Gasteiger partial charge is 0.303 e. The van der Waals surface area contributed by atoms with Gasteiger partial charge in [-0.3, -0.25) is 14.5 Å². The lowest BCUT2D eigenvalue weighted by Crippen LogP contribution is -2.59. The van der Waals surface area contributed by atoms with E-state index in [1.807, 2.05) is 6.07 Å². The lowest BCUT2D eigenvalue weighted by Gasteiger charge is -2.41. The van der Waals surface area contributed by atoms with Gasteiger partial charge in [-0.05, 0) is 54.7 Å². The van der Waals surface area contributed by atoms with E-state index in [0.29, 0.717) is 21.8 Å². The molecule has 0 bridgehead atoms. The van der Waals surface area contributed by atoms with E-state index in [2.05, 4.69) is 10.3 Å². The fraction of sp³-hybridized carbons (Fsp3) is 0.417. The number of nitrogens with zero attached hydrogens (tertiary/aromatic N) is 3. The third-order valence-electron chi connectivity index (χ3n) is 5.93. The van der Waals surface area contributed by atoms with Crippen LogP contribution in [0.4, 0.5) is 14.6 Å². The van der Waals surface area contributed by atoms with Crippen molar-refractivity contribution in [3.63, 3.8) is 0 Å². The number of carbonyl (C=O) groups is 2. The number of alkyl halides is 2. The second kappa shape index (κ2) is 9.93. The zero-order chi connectivity index (χ0) is 25.2. The molecule has 35 heavy (non-hydrogen) atoms. The zero-order valence-electron chi connectivity index (χ0n) is 18.7. The monoisotopic (exact) mass is 486 g/mol. The summed E-state index contributed by atoms with van der Waals surface area (Å²) < 4.78 is 35.0. The van der Waals surface area contributed by atoms with Crippen LogP contribution in [0.1, 0.15) is 31.2 Å². The maximum absolute atomic E-state index is 14.7. The Kier molecular flexibility index (Phi) is 6.95. The van der Waals surface area contributed by atoms with E-state index in [0.717, 1.165) is 12.8 Å². The van der Waals surface area contributed by atoms with Gasteiger partial charge in [0.1, 0.15) is 17.6 Å². The van der Waals surface area contributed by atoms with Crippen LogP contribution in [0.5, 0.6) is 5.75 Å². The second-order valence-corrected chi connectivity index (χ2v) is 8.58. The zero-order valence-corrected chi connectivity index (χ0v) is 18.7. The number of aliphatic hydroxyl groups is 2. The van der Waals surface area contributed by atoms with Crippen LogP contribution in [0.2, 0.25) is 0 Å². The number of carbonyl (C=O) groups excluding carboxylic acids is 2. The van der Waals surface area contributed by atoms with E-state index < -0.39 is 37.2 Å². The van der Waals surface area contributed by atoms with Crippen molar-refractivity contribution < 1.29 is 33.3 Å². The number of hydrogen-bond acceptors (Lipinski definition) is 7. The summed E-state index contributed by atoms with van der Waals surface area (Å²) in [6, 6.07) is 9.61. The highest BCUT2D eigenvalue weighted by Gasteiger charge is 2.50. The fourth-order valence-corrected chi connectivity index (χ4v) is 3.87. The molecular weight excluding hydrogens is 462 g/mol. The molecule has 2 amide bonds. The molecule has 0 radical (unpaired) electrons. The number of amides is 2. The highest BCUT2D eigenvalue weighted by Crippen LogP contribution is 2.37. The van der Waals surface area contributed by atoms with Gasteiger partial charge in [-0.25, -0.2) is 13.8 Å². The number of likely N-dealkylation sites (tertiary alicyclic amines) is 1. The van der Waals surface area contributed by atoms with Crippen LogP contribution in [0, 0.1) is 17.2 Å². The molecule has 1 saturated heterocycles. The van der Waals surface area contributed by atoms with Gasteiger partial charge in [-0.2, -0.15) is 5.26 Å². The number of hydrogen-bond donors (Lipinski definition) is 3. The molecule has 2 aliphatic rings. The highest BCUT2D eigenvalue weighted by molar-refractivity contribution is 5.93. The SMILES string of the molecule is N#Cc1cc(-c2ccnc(NC(=O)C3CC3)c2)ccc1O[C@@H]1N(C(=O)[C@@H](O)CO)CCCC1(F)F. The molecule has 4 rings (SSSR count). The van der Waals surface area contributed by atoms with Crippen molar-refractivity contribution in [2.24, 2.45) is 5.92 Å². The molecule has 0 unspecified atom stereocenters. The van der Waals surface area contributed by atoms with Crippen LogP contribution in [0.3, 0.4) is 0 Å². The average Bonchev–Trinajstić information content (AvgIpc) is 3.70. The Balaban J connectivity index is 1.59. The number of nitriles is 1. The Hall–Kier alpha value is -3.62. The van der Waals surface area contributed by atoms with Crippen LogP contribution >= 0.6 is 0 Å². The van der Waals surface area contributed by atoms with E-state index in [4.69, 9.17) is 9.84 Å². The summed E-state index contributed by atoms with van der Waals surface area (Å²) in [5, 5.41) is 31.1. The number of ether oxygens (including phenoxy) is 1. The number of pyridine rings is 1. The molecule has 9 nitrogen and oxygen atoms in total. The third-order valence-corrected chi connectivity index (χ3v) is 5.93. The molecule has 1 aromatic carbocycles. The molecule has 2 atom stereocenters. The summed E-state index contributed by atoms with van der Waals surface area (Å²) in [6.07, 6.45) is -1.25. The number of piperidine rings is 1. The van der Waals surface area contributed by atoms with Crippen molar-refractivity contribution in [3.05, 3.63) is 42.1 Å². The summed E-state index contributed by atoms with van der Waals surface area (Å²) in [7, 11) is 0. The maximum atomic E-state index is 14.7. The van der Waals surface area contributed by atoms with E-state index in [-0.39, 0.29) is 36.1 Å². The minimum atomic E-state index is -3.44. The van der Waals surface area contributed by atoms with Gasteiger partial charge in [-0.15, -0.1) is 0 Å². The lowest BCUT2D eigenvalue weighted by atomic mass is 10.0. The van der Waals surface area contributed by atoms with Crippen molar-refractivity contribution in [2.45, 2.75) is 43.9 Å². The molecule has 1 aromatic heterocycles. The first-order chi connectivity index (χ1) is 16.7. The number of halogens is 2.